The SMILES string of the molecule is Cc1cc(OCC2CCN(Cc3nncn3C)CC2)ccn1. The van der Waals surface area contributed by atoms with Crippen molar-refractivity contribution in [1.29, 1.82) is 0 Å². The van der Waals surface area contributed by atoms with Crippen molar-refractivity contribution in [3.63, 3.8) is 0 Å². The third kappa shape index (κ3) is 3.82. The molecule has 0 amide bonds. The first-order valence-electron chi connectivity index (χ1n) is 7.81. The van der Waals surface area contributed by atoms with Crippen LogP contribution >= 0.6 is 0 Å². The Morgan fingerprint density at radius 2 is 2.14 bits per heavy atom. The number of likely N-dealkylation sites (tertiary alicyclic amines) is 1. The summed E-state index contributed by atoms with van der Waals surface area (Å²) < 4.78 is 7.89. The predicted molar refractivity (Wildman–Crippen MR) is 83.5 cm³/mol. The number of pyridine rings is 1. The lowest BCUT2D eigenvalue weighted by Crippen LogP contribution is -2.35. The molecule has 22 heavy (non-hydrogen) atoms. The standard InChI is InChI=1S/C16H23N5O/c1-13-9-15(3-6-17-13)22-11-14-4-7-21(8-5-14)10-16-19-18-12-20(16)2/h3,6,9,12,14H,4-5,7-8,10-11H2,1-2H3. The van der Waals surface area contributed by atoms with Gasteiger partial charge in [0, 0.05) is 25.0 Å². The number of aromatic nitrogens is 4. The fourth-order valence-electron chi connectivity index (χ4n) is 2.78. The maximum atomic E-state index is 5.90. The minimum Gasteiger partial charge on any atom is -0.493 e. The zero-order chi connectivity index (χ0) is 15.4. The van der Waals surface area contributed by atoms with Gasteiger partial charge in [0.2, 0.25) is 0 Å². The molecule has 0 N–H and O–H groups in total. The van der Waals surface area contributed by atoms with Crippen molar-refractivity contribution in [1.82, 2.24) is 24.6 Å². The van der Waals surface area contributed by atoms with E-state index in [0.29, 0.717) is 5.92 Å². The van der Waals surface area contributed by atoms with E-state index in [1.807, 2.05) is 30.7 Å². The molecule has 0 unspecified atom stereocenters. The maximum Gasteiger partial charge on any atom is 0.146 e. The zero-order valence-electron chi connectivity index (χ0n) is 13.3. The second-order valence-electron chi connectivity index (χ2n) is 6.02. The Labute approximate surface area is 131 Å². The minimum absolute atomic E-state index is 0.629. The summed E-state index contributed by atoms with van der Waals surface area (Å²) in [5.41, 5.74) is 0.996. The van der Waals surface area contributed by atoms with Crippen molar-refractivity contribution >= 4 is 0 Å². The molecule has 0 aliphatic carbocycles. The molecule has 1 aliphatic heterocycles. The van der Waals surface area contributed by atoms with Crippen LogP contribution in [0.15, 0.2) is 24.7 Å². The molecule has 0 spiro atoms. The van der Waals surface area contributed by atoms with Gasteiger partial charge in [-0.05, 0) is 44.8 Å². The van der Waals surface area contributed by atoms with Gasteiger partial charge in [0.25, 0.3) is 0 Å². The Morgan fingerprint density at radius 3 is 2.82 bits per heavy atom. The van der Waals surface area contributed by atoms with Crippen LogP contribution in [-0.4, -0.2) is 44.3 Å². The lowest BCUT2D eigenvalue weighted by atomic mass is 9.98. The van der Waals surface area contributed by atoms with Gasteiger partial charge >= 0.3 is 0 Å². The molecular weight excluding hydrogens is 278 g/mol. The summed E-state index contributed by atoms with van der Waals surface area (Å²) in [4.78, 5) is 6.63. The molecular formula is C16H23N5O. The van der Waals surface area contributed by atoms with Crippen LogP contribution in [-0.2, 0) is 13.6 Å². The molecule has 2 aromatic rings. The average Bonchev–Trinajstić information content (AvgIpc) is 2.92. The Kier molecular flexibility index (Phi) is 4.68. The normalized spacial score (nSPS) is 16.8. The zero-order valence-corrected chi connectivity index (χ0v) is 13.3. The van der Waals surface area contributed by atoms with E-state index in [2.05, 4.69) is 20.1 Å². The van der Waals surface area contributed by atoms with Gasteiger partial charge in [0.1, 0.15) is 17.9 Å². The lowest BCUT2D eigenvalue weighted by molar-refractivity contribution is 0.134. The summed E-state index contributed by atoms with van der Waals surface area (Å²) in [6, 6.07) is 3.92. The smallest absolute Gasteiger partial charge is 0.146 e. The Balaban J connectivity index is 1.43. The number of aryl methyl sites for hydroxylation is 2. The van der Waals surface area contributed by atoms with E-state index in [9.17, 15) is 0 Å². The number of rotatable bonds is 5. The molecule has 0 atom stereocenters. The highest BCUT2D eigenvalue weighted by atomic mass is 16.5. The molecule has 3 rings (SSSR count). The van der Waals surface area contributed by atoms with Crippen LogP contribution < -0.4 is 4.74 Å². The van der Waals surface area contributed by atoms with E-state index < -0.39 is 0 Å². The lowest BCUT2D eigenvalue weighted by Gasteiger charge is -2.31. The number of hydrogen-bond acceptors (Lipinski definition) is 5. The highest BCUT2D eigenvalue weighted by molar-refractivity contribution is 5.21. The molecule has 118 valence electrons. The topological polar surface area (TPSA) is 56.1 Å². The molecule has 3 heterocycles. The summed E-state index contributed by atoms with van der Waals surface area (Å²) in [6.45, 7) is 5.85. The molecule has 2 aromatic heterocycles. The first-order valence-corrected chi connectivity index (χ1v) is 7.81. The predicted octanol–water partition coefficient (Wildman–Crippen LogP) is 1.81. The highest BCUT2D eigenvalue weighted by Crippen LogP contribution is 2.20. The van der Waals surface area contributed by atoms with Gasteiger partial charge in [-0.2, -0.15) is 0 Å². The van der Waals surface area contributed by atoms with Crippen molar-refractivity contribution in [2.24, 2.45) is 13.0 Å². The monoisotopic (exact) mass is 301 g/mol. The van der Waals surface area contributed by atoms with Crippen molar-refractivity contribution in [2.45, 2.75) is 26.3 Å². The van der Waals surface area contributed by atoms with E-state index >= 15 is 0 Å². The van der Waals surface area contributed by atoms with E-state index in [1.54, 1.807) is 12.5 Å². The molecule has 1 saturated heterocycles. The fourth-order valence-corrected chi connectivity index (χ4v) is 2.78. The number of piperidine rings is 1. The molecule has 0 bridgehead atoms. The first-order chi connectivity index (χ1) is 10.7. The number of hydrogen-bond donors (Lipinski definition) is 0. The quantitative estimate of drug-likeness (QED) is 0.843. The molecule has 6 nitrogen and oxygen atoms in total. The maximum absolute atomic E-state index is 5.90. The van der Waals surface area contributed by atoms with Gasteiger partial charge in [-0.3, -0.25) is 9.88 Å². The van der Waals surface area contributed by atoms with Gasteiger partial charge < -0.3 is 9.30 Å². The first kappa shape index (κ1) is 15.0. The number of nitrogens with zero attached hydrogens (tertiary/aromatic N) is 5. The third-order valence-corrected chi connectivity index (χ3v) is 4.23. The van der Waals surface area contributed by atoms with Crippen LogP contribution in [0.3, 0.4) is 0 Å². The fraction of sp³-hybridized carbons (Fsp3) is 0.562. The second-order valence-corrected chi connectivity index (χ2v) is 6.02. The van der Waals surface area contributed by atoms with E-state index in [1.165, 1.54) is 12.8 Å². The molecule has 0 saturated carbocycles. The van der Waals surface area contributed by atoms with Crippen LogP contribution in [0.25, 0.3) is 0 Å². The molecule has 6 heteroatoms. The summed E-state index contributed by atoms with van der Waals surface area (Å²) in [7, 11) is 1.99. The molecule has 0 radical (unpaired) electrons. The van der Waals surface area contributed by atoms with Gasteiger partial charge in [-0.1, -0.05) is 0 Å². The summed E-state index contributed by atoms with van der Waals surface area (Å²) >= 11 is 0. The summed E-state index contributed by atoms with van der Waals surface area (Å²) in [6.07, 6.45) is 5.89. The van der Waals surface area contributed by atoms with Gasteiger partial charge in [-0.25, -0.2) is 0 Å². The van der Waals surface area contributed by atoms with Crippen LogP contribution in [0.5, 0.6) is 5.75 Å². The molecule has 1 aliphatic rings. The Bertz CT molecular complexity index is 604. The van der Waals surface area contributed by atoms with Crippen molar-refractivity contribution < 1.29 is 4.74 Å². The second kappa shape index (κ2) is 6.87. The third-order valence-electron chi connectivity index (χ3n) is 4.23. The number of ether oxygens (including phenoxy) is 1. The van der Waals surface area contributed by atoms with Crippen molar-refractivity contribution in [3.8, 4) is 5.75 Å². The van der Waals surface area contributed by atoms with Crippen LogP contribution in [0, 0.1) is 12.8 Å². The van der Waals surface area contributed by atoms with Crippen molar-refractivity contribution in [2.75, 3.05) is 19.7 Å². The van der Waals surface area contributed by atoms with Gasteiger partial charge in [0.15, 0.2) is 0 Å². The van der Waals surface area contributed by atoms with Gasteiger partial charge in [0.05, 0.1) is 13.2 Å². The Hall–Kier alpha value is -1.95. The largest absolute Gasteiger partial charge is 0.493 e. The van der Waals surface area contributed by atoms with Crippen LogP contribution in [0.2, 0.25) is 0 Å². The van der Waals surface area contributed by atoms with Crippen molar-refractivity contribution in [3.05, 3.63) is 36.2 Å². The van der Waals surface area contributed by atoms with E-state index in [-0.39, 0.29) is 0 Å². The minimum atomic E-state index is 0.629. The summed E-state index contributed by atoms with van der Waals surface area (Å²) in [5.74, 6) is 2.58. The van der Waals surface area contributed by atoms with Crippen LogP contribution in [0.4, 0.5) is 0 Å². The molecule has 0 aromatic carbocycles. The summed E-state index contributed by atoms with van der Waals surface area (Å²) in [5, 5.41) is 8.09. The van der Waals surface area contributed by atoms with Gasteiger partial charge in [-0.15, -0.1) is 10.2 Å². The molecule has 1 fully saturated rings. The van der Waals surface area contributed by atoms with E-state index in [4.69, 9.17) is 4.74 Å². The average molecular weight is 301 g/mol. The highest BCUT2D eigenvalue weighted by Gasteiger charge is 2.21. The van der Waals surface area contributed by atoms with E-state index in [0.717, 1.165) is 43.5 Å². The van der Waals surface area contributed by atoms with Crippen LogP contribution in [0.1, 0.15) is 24.4 Å². The Morgan fingerprint density at radius 1 is 1.32 bits per heavy atom.